The van der Waals surface area contributed by atoms with Crippen LogP contribution in [0.1, 0.15) is 0 Å². The molecule has 0 bridgehead atoms. The number of ketones is 1. The van der Waals surface area contributed by atoms with E-state index in [1.54, 1.807) is 0 Å². The molecule has 0 saturated heterocycles. The summed E-state index contributed by atoms with van der Waals surface area (Å²) in [6.45, 7) is 0. The summed E-state index contributed by atoms with van der Waals surface area (Å²) < 4.78 is 10.2. The van der Waals surface area contributed by atoms with Crippen LogP contribution in [-0.2, 0) is 14.2 Å². The number of carboxylic acids is 1. The number of aliphatic hydroxyl groups is 1. The van der Waals surface area contributed by atoms with Crippen molar-refractivity contribution < 1.29 is 34.2 Å². The minimum Gasteiger partial charge on any atom is -0.502 e. The smallest absolute Gasteiger partial charge is 0.371 e. The zero-order valence-electron chi connectivity index (χ0n) is 6.25. The van der Waals surface area contributed by atoms with Crippen LogP contribution in [0.5, 0.6) is 0 Å². The van der Waals surface area contributed by atoms with Gasteiger partial charge in [-0.15, -0.1) is 0 Å². The Hall–Kier alpha value is -1.17. The predicted molar refractivity (Wildman–Crippen MR) is 40.3 cm³/mol. The quantitative estimate of drug-likeness (QED) is 0.273. The van der Waals surface area contributed by atoms with E-state index >= 15 is 0 Å². The van der Waals surface area contributed by atoms with Gasteiger partial charge in [0.1, 0.15) is 6.16 Å². The summed E-state index contributed by atoms with van der Waals surface area (Å²) in [7, 11) is -4.51. The third-order valence-electron chi connectivity index (χ3n) is 0.879. The molecule has 0 aliphatic rings. The van der Waals surface area contributed by atoms with E-state index in [4.69, 9.17) is 20.0 Å². The Morgan fingerprint density at radius 3 is 2.00 bits per heavy atom. The van der Waals surface area contributed by atoms with Crippen molar-refractivity contribution in [2.24, 2.45) is 0 Å². The first-order valence-corrected chi connectivity index (χ1v) is 4.73. The summed E-state index contributed by atoms with van der Waals surface area (Å²) in [6, 6.07) is 0. The topological polar surface area (TPSA) is 132 Å². The third-order valence-corrected chi connectivity index (χ3v) is 1.60. The molecule has 13 heavy (non-hydrogen) atoms. The molecule has 0 spiro atoms. The Labute approximate surface area is 72.5 Å². The van der Waals surface area contributed by atoms with E-state index in [1.807, 2.05) is 0 Å². The number of carboxylic acid groups (broad SMARTS) is 1. The summed E-state index contributed by atoms with van der Waals surface area (Å²) in [5.41, 5.74) is 0. The highest BCUT2D eigenvalue weighted by atomic mass is 31.2. The van der Waals surface area contributed by atoms with Crippen molar-refractivity contribution in [3.63, 3.8) is 0 Å². The molecule has 0 aromatic rings. The lowest BCUT2D eigenvalue weighted by molar-refractivity contribution is -0.135. The minimum atomic E-state index is -4.51. The first kappa shape index (κ1) is 11.8. The van der Waals surface area contributed by atoms with Gasteiger partial charge in [0.25, 0.3) is 0 Å². The molecule has 8 heteroatoms. The number of carbonyl (C=O) groups is 2. The van der Waals surface area contributed by atoms with Crippen LogP contribution in [0.25, 0.3) is 0 Å². The van der Waals surface area contributed by atoms with Crippen LogP contribution in [0.15, 0.2) is 11.8 Å². The Morgan fingerprint density at radius 2 is 1.69 bits per heavy atom. The van der Waals surface area contributed by atoms with Gasteiger partial charge in [0.15, 0.2) is 5.78 Å². The van der Waals surface area contributed by atoms with Crippen molar-refractivity contribution in [1.82, 2.24) is 0 Å². The molecule has 0 amide bonds. The van der Waals surface area contributed by atoms with E-state index in [1.165, 1.54) is 0 Å². The van der Waals surface area contributed by atoms with Crippen LogP contribution in [0.3, 0.4) is 0 Å². The van der Waals surface area contributed by atoms with E-state index in [0.717, 1.165) is 0 Å². The molecule has 0 radical (unpaired) electrons. The molecule has 0 heterocycles. The zero-order chi connectivity index (χ0) is 10.6. The molecule has 0 aromatic carbocycles. The van der Waals surface area contributed by atoms with Crippen molar-refractivity contribution in [1.29, 1.82) is 0 Å². The second kappa shape index (κ2) is 4.18. The average Bonchev–Trinajstić information content (AvgIpc) is 1.81. The van der Waals surface area contributed by atoms with Gasteiger partial charge >= 0.3 is 13.6 Å². The maximum Gasteiger partial charge on any atom is 0.371 e. The van der Waals surface area contributed by atoms with Crippen LogP contribution < -0.4 is 0 Å². The van der Waals surface area contributed by atoms with Gasteiger partial charge in [-0.2, -0.15) is 0 Å². The maximum atomic E-state index is 10.6. The number of aliphatic carboxylic acids is 1. The van der Waals surface area contributed by atoms with Gasteiger partial charge in [-0.3, -0.25) is 9.36 Å². The normalized spacial score (nSPS) is 12.6. The third kappa shape index (κ3) is 6.03. The number of hydrogen-bond donors (Lipinski definition) is 4. The number of carbonyl (C=O) groups excluding carboxylic acids is 1. The fourth-order valence-electron chi connectivity index (χ4n) is 0.463. The Bertz CT molecular complexity index is 298. The molecule has 0 aliphatic carbocycles. The standard InChI is InChI=1S/C5H7O7P/c6-3(2-13(10,11)12)1-4(7)5(8)9/h1,7H,2H2,(H,8,9)(H2,10,11,12). The molecule has 4 N–H and O–H groups in total. The van der Waals surface area contributed by atoms with E-state index in [9.17, 15) is 14.2 Å². The number of aliphatic hydroxyl groups excluding tert-OH is 1. The SMILES string of the molecule is O=C(C=C(O)C(=O)O)CP(=O)(O)O. The molecule has 74 valence electrons. The largest absolute Gasteiger partial charge is 0.502 e. The summed E-state index contributed by atoms with van der Waals surface area (Å²) in [4.78, 5) is 37.1. The highest BCUT2D eigenvalue weighted by Crippen LogP contribution is 2.33. The molecule has 0 atom stereocenters. The van der Waals surface area contributed by atoms with E-state index in [0.29, 0.717) is 0 Å². The van der Waals surface area contributed by atoms with Crippen molar-refractivity contribution in [2.45, 2.75) is 0 Å². The van der Waals surface area contributed by atoms with E-state index in [2.05, 4.69) is 0 Å². The van der Waals surface area contributed by atoms with Gasteiger partial charge in [-0.1, -0.05) is 0 Å². The first-order valence-electron chi connectivity index (χ1n) is 2.94. The summed E-state index contributed by atoms with van der Waals surface area (Å²) >= 11 is 0. The Kier molecular flexibility index (Phi) is 3.80. The second-order valence-electron chi connectivity index (χ2n) is 2.12. The van der Waals surface area contributed by atoms with Crippen LogP contribution in [-0.4, -0.2) is 37.9 Å². The first-order chi connectivity index (χ1) is 5.72. The summed E-state index contributed by atoms with van der Waals surface area (Å²) in [6.07, 6.45) is -0.869. The lowest BCUT2D eigenvalue weighted by atomic mass is 10.3. The number of hydrogen-bond acceptors (Lipinski definition) is 4. The van der Waals surface area contributed by atoms with Gasteiger partial charge in [0.05, 0.1) is 0 Å². The Balaban J connectivity index is 4.41. The van der Waals surface area contributed by atoms with E-state index in [-0.39, 0.29) is 6.08 Å². The molecular formula is C5H7O7P. The minimum absolute atomic E-state index is 0.251. The van der Waals surface area contributed by atoms with Gasteiger partial charge in [-0.05, 0) is 0 Å². The van der Waals surface area contributed by atoms with Crippen molar-refractivity contribution in [2.75, 3.05) is 6.16 Å². The zero-order valence-corrected chi connectivity index (χ0v) is 7.14. The summed E-state index contributed by atoms with van der Waals surface area (Å²) in [5, 5.41) is 16.5. The molecule has 0 fully saturated rings. The van der Waals surface area contributed by atoms with Crippen LogP contribution in [0.4, 0.5) is 0 Å². The van der Waals surface area contributed by atoms with E-state index < -0.39 is 31.3 Å². The van der Waals surface area contributed by atoms with Crippen molar-refractivity contribution in [3.05, 3.63) is 11.8 Å². The predicted octanol–water partition coefficient (Wildman–Crippen LogP) is -0.740. The highest BCUT2D eigenvalue weighted by molar-refractivity contribution is 7.52. The Morgan fingerprint density at radius 1 is 1.23 bits per heavy atom. The van der Waals surface area contributed by atoms with Crippen LogP contribution in [0.2, 0.25) is 0 Å². The molecule has 0 rings (SSSR count). The van der Waals surface area contributed by atoms with Crippen LogP contribution in [0, 0.1) is 0 Å². The molecule has 0 aliphatic heterocycles. The van der Waals surface area contributed by atoms with Crippen molar-refractivity contribution in [3.8, 4) is 0 Å². The molecule has 0 aromatic heterocycles. The van der Waals surface area contributed by atoms with Gasteiger partial charge in [-0.25, -0.2) is 4.79 Å². The monoisotopic (exact) mass is 210 g/mol. The lowest BCUT2D eigenvalue weighted by Crippen LogP contribution is -2.07. The van der Waals surface area contributed by atoms with Gasteiger partial charge in [0.2, 0.25) is 5.76 Å². The highest BCUT2D eigenvalue weighted by Gasteiger charge is 2.18. The average molecular weight is 210 g/mol. The van der Waals surface area contributed by atoms with Gasteiger partial charge in [0, 0.05) is 6.08 Å². The molecular weight excluding hydrogens is 203 g/mol. The van der Waals surface area contributed by atoms with Crippen molar-refractivity contribution >= 4 is 19.3 Å². The number of allylic oxidation sites excluding steroid dienone is 1. The van der Waals surface area contributed by atoms with Gasteiger partial charge < -0.3 is 20.0 Å². The molecule has 0 saturated carbocycles. The summed E-state index contributed by atoms with van der Waals surface area (Å²) in [5.74, 6) is -4.13. The molecule has 7 nitrogen and oxygen atoms in total. The lowest BCUT2D eigenvalue weighted by Gasteiger charge is -1.98. The fraction of sp³-hybridized carbons (Fsp3) is 0.200. The maximum absolute atomic E-state index is 10.6. The fourth-order valence-corrected chi connectivity index (χ4v) is 0.960. The number of rotatable bonds is 4. The van der Waals surface area contributed by atoms with Crippen LogP contribution >= 0.6 is 7.60 Å². The second-order valence-corrected chi connectivity index (χ2v) is 3.77. The molecule has 0 unspecified atom stereocenters.